The molecular weight excluding hydrogens is 272 g/mol. The molecule has 0 aromatic heterocycles. The Labute approximate surface area is 139 Å². The van der Waals surface area contributed by atoms with Crippen LogP contribution in [0, 0.1) is 22.2 Å². The number of aliphatic hydroxyl groups is 1. The molecule has 2 nitrogen and oxygen atoms in total. The minimum atomic E-state index is -1.07. The van der Waals surface area contributed by atoms with E-state index in [-0.39, 0.29) is 16.9 Å². The average molecular weight is 313 g/mol. The van der Waals surface area contributed by atoms with Crippen molar-refractivity contribution in [1.29, 1.82) is 0 Å². The van der Waals surface area contributed by atoms with E-state index >= 15 is 0 Å². The number of hydrogen-bond donors (Lipinski definition) is 1. The zero-order valence-electron chi connectivity index (χ0n) is 16.5. The standard InChI is InChI=1S/C20H40O2/c1-17(2,3)14-19(7,8)20(9,21)22-16-12-10-15(11-13-16)18(4,5)6/h15-16,21H,10-14H2,1-9H3. The summed E-state index contributed by atoms with van der Waals surface area (Å²) in [4.78, 5) is 0. The third-order valence-electron chi connectivity index (χ3n) is 5.52. The maximum atomic E-state index is 11.0. The van der Waals surface area contributed by atoms with E-state index in [2.05, 4.69) is 55.4 Å². The molecule has 0 aromatic carbocycles. The van der Waals surface area contributed by atoms with Crippen LogP contribution in [0.25, 0.3) is 0 Å². The normalized spacial score (nSPS) is 27.5. The van der Waals surface area contributed by atoms with Crippen molar-refractivity contribution in [2.24, 2.45) is 22.2 Å². The van der Waals surface area contributed by atoms with Crippen LogP contribution in [0.15, 0.2) is 0 Å². The van der Waals surface area contributed by atoms with E-state index in [1.807, 2.05) is 6.92 Å². The van der Waals surface area contributed by atoms with Gasteiger partial charge in [0.15, 0.2) is 5.79 Å². The molecule has 1 aliphatic rings. The van der Waals surface area contributed by atoms with E-state index in [4.69, 9.17) is 4.74 Å². The van der Waals surface area contributed by atoms with Gasteiger partial charge in [0.1, 0.15) is 0 Å². The van der Waals surface area contributed by atoms with Crippen LogP contribution in [0.2, 0.25) is 0 Å². The van der Waals surface area contributed by atoms with Gasteiger partial charge in [-0.1, -0.05) is 55.4 Å². The lowest BCUT2D eigenvalue weighted by molar-refractivity contribution is -0.285. The first-order valence-electron chi connectivity index (χ1n) is 9.04. The van der Waals surface area contributed by atoms with Gasteiger partial charge in [0.2, 0.25) is 0 Å². The van der Waals surface area contributed by atoms with Gasteiger partial charge in [-0.25, -0.2) is 0 Å². The highest BCUT2D eigenvalue weighted by atomic mass is 16.6. The van der Waals surface area contributed by atoms with Crippen LogP contribution in [0.3, 0.4) is 0 Å². The highest BCUT2D eigenvalue weighted by Gasteiger charge is 2.45. The Morgan fingerprint density at radius 2 is 1.27 bits per heavy atom. The summed E-state index contributed by atoms with van der Waals surface area (Å²) in [6.45, 7) is 19.8. The molecule has 1 rings (SSSR count). The van der Waals surface area contributed by atoms with Crippen molar-refractivity contribution >= 4 is 0 Å². The van der Waals surface area contributed by atoms with E-state index in [0.29, 0.717) is 5.41 Å². The molecule has 0 aliphatic heterocycles. The molecule has 0 saturated heterocycles. The fourth-order valence-electron chi connectivity index (χ4n) is 4.02. The van der Waals surface area contributed by atoms with Crippen LogP contribution in [-0.4, -0.2) is 17.0 Å². The summed E-state index contributed by atoms with van der Waals surface area (Å²) >= 11 is 0. The summed E-state index contributed by atoms with van der Waals surface area (Å²) in [5.74, 6) is -0.292. The molecular formula is C20H40O2. The molecule has 1 fully saturated rings. The van der Waals surface area contributed by atoms with Crippen LogP contribution >= 0.6 is 0 Å². The predicted octanol–water partition coefficient (Wildman–Crippen LogP) is 5.78. The second kappa shape index (κ2) is 6.43. The van der Waals surface area contributed by atoms with Crippen molar-refractivity contribution in [3.05, 3.63) is 0 Å². The Kier molecular flexibility index (Phi) is 5.84. The largest absolute Gasteiger partial charge is 0.365 e. The maximum absolute atomic E-state index is 11.0. The minimum absolute atomic E-state index is 0.181. The lowest BCUT2D eigenvalue weighted by Crippen LogP contribution is -2.49. The molecule has 0 amide bonds. The van der Waals surface area contributed by atoms with Crippen LogP contribution < -0.4 is 0 Å². The SMILES string of the molecule is CC(C)(C)CC(C)(C)C(C)(O)OC1CCC(C(C)(C)C)CC1. The Morgan fingerprint density at radius 3 is 1.64 bits per heavy atom. The molecule has 0 radical (unpaired) electrons. The second-order valence-electron chi connectivity index (χ2n) is 10.6. The summed E-state index contributed by atoms with van der Waals surface area (Å²) in [5.41, 5.74) is 0.311. The summed E-state index contributed by atoms with van der Waals surface area (Å²) in [6, 6.07) is 0. The topological polar surface area (TPSA) is 29.5 Å². The molecule has 2 heteroatoms. The maximum Gasteiger partial charge on any atom is 0.168 e. The van der Waals surface area contributed by atoms with Gasteiger partial charge >= 0.3 is 0 Å². The van der Waals surface area contributed by atoms with Crippen molar-refractivity contribution in [2.75, 3.05) is 0 Å². The molecule has 1 N–H and O–H groups in total. The lowest BCUT2D eigenvalue weighted by atomic mass is 9.70. The molecule has 22 heavy (non-hydrogen) atoms. The molecule has 1 saturated carbocycles. The van der Waals surface area contributed by atoms with Crippen LogP contribution in [0.1, 0.15) is 94.4 Å². The van der Waals surface area contributed by atoms with E-state index in [9.17, 15) is 5.11 Å². The number of ether oxygens (including phenoxy) is 1. The van der Waals surface area contributed by atoms with Gasteiger partial charge in [-0.2, -0.15) is 0 Å². The van der Waals surface area contributed by atoms with E-state index in [1.54, 1.807) is 0 Å². The Morgan fingerprint density at radius 1 is 0.818 bits per heavy atom. The first-order valence-corrected chi connectivity index (χ1v) is 9.04. The fourth-order valence-corrected chi connectivity index (χ4v) is 4.02. The first-order chi connectivity index (χ1) is 9.64. The molecule has 1 atom stereocenters. The highest BCUT2D eigenvalue weighted by molar-refractivity contribution is 4.88. The van der Waals surface area contributed by atoms with Gasteiger partial charge in [0, 0.05) is 5.41 Å². The van der Waals surface area contributed by atoms with E-state index in [1.165, 1.54) is 12.8 Å². The van der Waals surface area contributed by atoms with Crippen molar-refractivity contribution in [3.8, 4) is 0 Å². The van der Waals surface area contributed by atoms with Crippen LogP contribution in [0.5, 0.6) is 0 Å². The summed E-state index contributed by atoms with van der Waals surface area (Å²) in [5, 5.41) is 11.0. The third-order valence-corrected chi connectivity index (χ3v) is 5.52. The monoisotopic (exact) mass is 312 g/mol. The van der Waals surface area contributed by atoms with Gasteiger partial charge in [-0.15, -0.1) is 0 Å². The summed E-state index contributed by atoms with van der Waals surface area (Å²) in [6.07, 6.45) is 5.71. The Bertz CT molecular complexity index is 347. The molecule has 0 aromatic rings. The first kappa shape index (κ1) is 20.0. The molecule has 1 unspecified atom stereocenters. The van der Waals surface area contributed by atoms with Crippen LogP contribution in [-0.2, 0) is 4.74 Å². The molecule has 1 aliphatic carbocycles. The van der Waals surface area contributed by atoms with Crippen molar-refractivity contribution < 1.29 is 9.84 Å². The van der Waals surface area contributed by atoms with E-state index < -0.39 is 5.79 Å². The summed E-state index contributed by atoms with van der Waals surface area (Å²) in [7, 11) is 0. The molecule has 0 heterocycles. The predicted molar refractivity (Wildman–Crippen MR) is 94.8 cm³/mol. The number of hydrogen-bond acceptors (Lipinski definition) is 2. The second-order valence-corrected chi connectivity index (χ2v) is 10.6. The van der Waals surface area contributed by atoms with Crippen molar-refractivity contribution in [2.45, 2.75) is 106 Å². The van der Waals surface area contributed by atoms with Crippen molar-refractivity contribution in [3.63, 3.8) is 0 Å². The third kappa shape index (κ3) is 5.53. The van der Waals surface area contributed by atoms with Crippen LogP contribution in [0.4, 0.5) is 0 Å². The lowest BCUT2D eigenvalue weighted by Gasteiger charge is -2.46. The Hall–Kier alpha value is -0.0800. The summed E-state index contributed by atoms with van der Waals surface area (Å²) < 4.78 is 6.21. The van der Waals surface area contributed by atoms with Gasteiger partial charge < -0.3 is 9.84 Å². The molecule has 132 valence electrons. The molecule has 0 bridgehead atoms. The smallest absolute Gasteiger partial charge is 0.168 e. The zero-order chi connectivity index (χ0) is 17.4. The van der Waals surface area contributed by atoms with Gasteiger partial charge in [-0.3, -0.25) is 0 Å². The minimum Gasteiger partial charge on any atom is -0.365 e. The fraction of sp³-hybridized carbons (Fsp3) is 1.00. The number of rotatable bonds is 4. The molecule has 0 spiro atoms. The Balaban J connectivity index is 2.63. The van der Waals surface area contributed by atoms with E-state index in [0.717, 1.165) is 25.2 Å². The van der Waals surface area contributed by atoms with Gasteiger partial charge in [0.05, 0.1) is 6.10 Å². The highest BCUT2D eigenvalue weighted by Crippen LogP contribution is 2.45. The van der Waals surface area contributed by atoms with Gasteiger partial charge in [-0.05, 0) is 55.8 Å². The quantitative estimate of drug-likeness (QED) is 0.667. The zero-order valence-corrected chi connectivity index (χ0v) is 16.5. The van der Waals surface area contributed by atoms with Gasteiger partial charge in [0.25, 0.3) is 0 Å². The average Bonchev–Trinajstić information content (AvgIpc) is 2.24. The van der Waals surface area contributed by atoms with Crippen molar-refractivity contribution in [1.82, 2.24) is 0 Å².